The van der Waals surface area contributed by atoms with Crippen molar-refractivity contribution in [1.29, 1.82) is 0 Å². The molecule has 0 aromatic carbocycles. The van der Waals surface area contributed by atoms with E-state index in [1.165, 1.54) is 61.5 Å². The Bertz CT molecular complexity index is 516. The highest BCUT2D eigenvalue weighted by atomic mass is 32.1. The highest BCUT2D eigenvalue weighted by Crippen LogP contribution is 2.38. The van der Waals surface area contributed by atoms with E-state index in [-0.39, 0.29) is 0 Å². The largest absolute Gasteiger partial charge is 0.352 e. The van der Waals surface area contributed by atoms with Gasteiger partial charge in [-0.1, -0.05) is 0 Å². The predicted octanol–water partition coefficient (Wildman–Crippen LogP) is 3.75. The highest BCUT2D eigenvalue weighted by molar-refractivity contribution is 7.18. The Balaban J connectivity index is 1.43. The first-order chi connectivity index (χ1) is 9.40. The fourth-order valence-corrected chi connectivity index (χ4v) is 4.83. The fourth-order valence-electron chi connectivity index (χ4n) is 3.73. The summed E-state index contributed by atoms with van der Waals surface area (Å²) in [7, 11) is 0. The molecular weight excluding hydrogens is 254 g/mol. The van der Waals surface area contributed by atoms with Crippen molar-refractivity contribution in [3.63, 3.8) is 0 Å². The number of thiazole rings is 1. The molecule has 1 saturated heterocycles. The molecule has 1 aliphatic carbocycles. The van der Waals surface area contributed by atoms with Crippen LogP contribution in [0.1, 0.15) is 49.5 Å². The monoisotopic (exact) mass is 275 g/mol. The molecule has 0 spiro atoms. The number of nitrogens with zero attached hydrogens (tertiary/aromatic N) is 2. The fraction of sp³-hybridized carbons (Fsp3) is 0.667. The predicted molar refractivity (Wildman–Crippen MR) is 79.8 cm³/mol. The standard InChI is InChI=1S/C15H21N3S/c1-2-10-18(9-1)12-5-3-11(4-6-12)14-17-13-7-8-16-15(13)19-14/h7-8,11-12,16H,1-6,9-10H2. The molecule has 0 bridgehead atoms. The summed E-state index contributed by atoms with van der Waals surface area (Å²) in [4.78, 5) is 12.0. The second-order valence-electron chi connectivity index (χ2n) is 5.99. The molecule has 102 valence electrons. The summed E-state index contributed by atoms with van der Waals surface area (Å²) in [5.74, 6) is 0.713. The van der Waals surface area contributed by atoms with E-state index in [2.05, 4.69) is 16.0 Å². The minimum Gasteiger partial charge on any atom is -0.352 e. The van der Waals surface area contributed by atoms with Gasteiger partial charge >= 0.3 is 0 Å². The Morgan fingerprint density at radius 3 is 2.68 bits per heavy atom. The minimum absolute atomic E-state index is 0.713. The Hall–Kier alpha value is -0.870. The van der Waals surface area contributed by atoms with Crippen molar-refractivity contribution in [2.24, 2.45) is 0 Å². The minimum atomic E-state index is 0.713. The molecule has 1 aliphatic heterocycles. The Labute approximate surface area is 118 Å². The first-order valence-corrected chi connectivity index (χ1v) is 8.39. The van der Waals surface area contributed by atoms with Crippen molar-refractivity contribution < 1.29 is 0 Å². The molecule has 2 fully saturated rings. The molecule has 1 saturated carbocycles. The van der Waals surface area contributed by atoms with Crippen LogP contribution in [0.15, 0.2) is 12.3 Å². The van der Waals surface area contributed by atoms with E-state index in [1.54, 1.807) is 0 Å². The molecule has 2 aromatic rings. The first kappa shape index (κ1) is 11.9. The maximum atomic E-state index is 4.79. The molecular formula is C15H21N3S. The quantitative estimate of drug-likeness (QED) is 0.905. The van der Waals surface area contributed by atoms with Crippen molar-refractivity contribution in [3.05, 3.63) is 17.3 Å². The zero-order valence-electron chi connectivity index (χ0n) is 11.3. The van der Waals surface area contributed by atoms with Gasteiger partial charge in [0.05, 0.1) is 10.5 Å². The zero-order valence-corrected chi connectivity index (χ0v) is 12.1. The summed E-state index contributed by atoms with van der Waals surface area (Å²) in [6.45, 7) is 2.69. The van der Waals surface area contributed by atoms with Gasteiger partial charge in [-0.15, -0.1) is 11.3 Å². The van der Waals surface area contributed by atoms with Crippen LogP contribution in [-0.4, -0.2) is 34.0 Å². The van der Waals surface area contributed by atoms with E-state index in [0.29, 0.717) is 5.92 Å². The van der Waals surface area contributed by atoms with Crippen LogP contribution in [0, 0.1) is 0 Å². The van der Waals surface area contributed by atoms with Crippen LogP contribution in [0.5, 0.6) is 0 Å². The maximum Gasteiger partial charge on any atom is 0.120 e. The molecule has 19 heavy (non-hydrogen) atoms. The highest BCUT2D eigenvalue weighted by Gasteiger charge is 2.29. The van der Waals surface area contributed by atoms with E-state index in [0.717, 1.165) is 11.6 Å². The van der Waals surface area contributed by atoms with E-state index in [1.807, 2.05) is 17.5 Å². The SMILES string of the molecule is c1cc2nc(C3CCC(N4CCCC4)CC3)sc2[nH]1. The van der Waals surface area contributed by atoms with Crippen LogP contribution in [0.2, 0.25) is 0 Å². The van der Waals surface area contributed by atoms with Crippen molar-refractivity contribution in [2.45, 2.75) is 50.5 Å². The van der Waals surface area contributed by atoms with Gasteiger partial charge in [0.15, 0.2) is 0 Å². The zero-order chi connectivity index (χ0) is 12.7. The molecule has 0 amide bonds. The third kappa shape index (κ3) is 2.21. The van der Waals surface area contributed by atoms with E-state index >= 15 is 0 Å². The second kappa shape index (κ2) is 4.91. The van der Waals surface area contributed by atoms with Crippen molar-refractivity contribution in [3.8, 4) is 0 Å². The van der Waals surface area contributed by atoms with Crippen molar-refractivity contribution in [2.75, 3.05) is 13.1 Å². The van der Waals surface area contributed by atoms with E-state index < -0.39 is 0 Å². The van der Waals surface area contributed by atoms with Gasteiger partial charge in [0.25, 0.3) is 0 Å². The van der Waals surface area contributed by atoms with Gasteiger partial charge in [0.2, 0.25) is 0 Å². The number of hydrogen-bond donors (Lipinski definition) is 1. The summed E-state index contributed by atoms with van der Waals surface area (Å²) in [5, 5.41) is 1.36. The van der Waals surface area contributed by atoms with Gasteiger partial charge in [-0.2, -0.15) is 0 Å². The average molecular weight is 275 g/mol. The number of H-pyrrole nitrogens is 1. The number of rotatable bonds is 2. The van der Waals surface area contributed by atoms with Crippen LogP contribution in [-0.2, 0) is 0 Å². The van der Waals surface area contributed by atoms with Crippen molar-refractivity contribution >= 4 is 21.7 Å². The number of fused-ring (bicyclic) bond motifs is 1. The average Bonchev–Trinajstić information content (AvgIpc) is 3.15. The molecule has 3 heterocycles. The van der Waals surface area contributed by atoms with Gasteiger partial charge in [-0.05, 0) is 57.7 Å². The third-order valence-electron chi connectivity index (χ3n) is 4.83. The summed E-state index contributed by atoms with van der Waals surface area (Å²) >= 11 is 1.86. The van der Waals surface area contributed by atoms with Crippen molar-refractivity contribution in [1.82, 2.24) is 14.9 Å². The van der Waals surface area contributed by atoms with Gasteiger partial charge in [-0.3, -0.25) is 0 Å². The Morgan fingerprint density at radius 2 is 1.95 bits per heavy atom. The van der Waals surface area contributed by atoms with Crippen LogP contribution in [0.25, 0.3) is 10.3 Å². The Kier molecular flexibility index (Phi) is 3.08. The number of hydrogen-bond acceptors (Lipinski definition) is 3. The van der Waals surface area contributed by atoms with Crippen LogP contribution in [0.3, 0.4) is 0 Å². The molecule has 1 N–H and O–H groups in total. The van der Waals surface area contributed by atoms with Crippen LogP contribution >= 0.6 is 11.3 Å². The first-order valence-electron chi connectivity index (χ1n) is 7.58. The number of aromatic amines is 1. The lowest BCUT2D eigenvalue weighted by molar-refractivity contribution is 0.182. The molecule has 4 rings (SSSR count). The summed E-state index contributed by atoms with van der Waals surface area (Å²) < 4.78 is 0. The van der Waals surface area contributed by atoms with Gasteiger partial charge < -0.3 is 9.88 Å². The number of nitrogens with one attached hydrogen (secondary N) is 1. The third-order valence-corrected chi connectivity index (χ3v) is 5.99. The number of aromatic nitrogens is 2. The second-order valence-corrected chi connectivity index (χ2v) is 7.02. The molecule has 3 nitrogen and oxygen atoms in total. The van der Waals surface area contributed by atoms with E-state index in [4.69, 9.17) is 4.98 Å². The summed E-state index contributed by atoms with van der Waals surface area (Å²) in [5.41, 5.74) is 1.15. The molecule has 4 heteroatoms. The van der Waals surface area contributed by atoms with E-state index in [9.17, 15) is 0 Å². The molecule has 2 aromatic heterocycles. The number of likely N-dealkylation sites (tertiary alicyclic amines) is 1. The topological polar surface area (TPSA) is 31.9 Å². The maximum absolute atomic E-state index is 4.79. The van der Waals surface area contributed by atoms with Gasteiger partial charge in [0, 0.05) is 18.2 Å². The normalized spacial score (nSPS) is 29.3. The van der Waals surface area contributed by atoms with Gasteiger partial charge in [-0.25, -0.2) is 4.98 Å². The molecule has 0 unspecified atom stereocenters. The lowest BCUT2D eigenvalue weighted by atomic mass is 9.86. The molecule has 0 atom stereocenters. The smallest absolute Gasteiger partial charge is 0.120 e. The lowest BCUT2D eigenvalue weighted by Gasteiger charge is -2.33. The Morgan fingerprint density at radius 1 is 1.16 bits per heavy atom. The van der Waals surface area contributed by atoms with Crippen LogP contribution in [0.4, 0.5) is 0 Å². The summed E-state index contributed by atoms with van der Waals surface area (Å²) in [6, 6.07) is 2.95. The molecule has 2 aliphatic rings. The molecule has 0 radical (unpaired) electrons. The summed E-state index contributed by atoms with van der Waals surface area (Å²) in [6.07, 6.45) is 10.2. The van der Waals surface area contributed by atoms with Crippen LogP contribution < -0.4 is 0 Å². The lowest BCUT2D eigenvalue weighted by Crippen LogP contribution is -2.35. The van der Waals surface area contributed by atoms with Gasteiger partial charge in [0.1, 0.15) is 4.83 Å².